The van der Waals surface area contributed by atoms with Gasteiger partial charge in [0.2, 0.25) is 0 Å². The molecule has 5 nitrogen and oxygen atoms in total. The van der Waals surface area contributed by atoms with Crippen LogP contribution >= 0.6 is 0 Å². The van der Waals surface area contributed by atoms with E-state index in [2.05, 4.69) is 51.4 Å². The predicted octanol–water partition coefficient (Wildman–Crippen LogP) is 8.32. The maximum Gasteiger partial charge on any atom is 0.350 e. The number of aryl methyl sites for hydroxylation is 1. The molecule has 2 aromatic rings. The number of hydrogen-bond donors (Lipinski definition) is 0. The Morgan fingerprint density at radius 3 is 2.26 bits per heavy atom. The van der Waals surface area contributed by atoms with Crippen molar-refractivity contribution in [3.05, 3.63) is 35.7 Å². The summed E-state index contributed by atoms with van der Waals surface area (Å²) in [7, 11) is 0.819. The molecule has 0 saturated heterocycles. The number of esters is 1. The van der Waals surface area contributed by atoms with Crippen molar-refractivity contribution in [3.8, 4) is 11.4 Å². The van der Waals surface area contributed by atoms with Crippen LogP contribution in [0.2, 0.25) is 0 Å². The van der Waals surface area contributed by atoms with Crippen LogP contribution in [0.15, 0.2) is 24.4 Å². The maximum atomic E-state index is 13.1. The molecule has 39 heavy (non-hydrogen) atoms. The zero-order chi connectivity index (χ0) is 29.8. The number of nitrogens with zero attached hydrogens (tertiary/aromatic N) is 2. The Balaban J connectivity index is 0.000000356. The van der Waals surface area contributed by atoms with E-state index in [1.165, 1.54) is 32.1 Å². The molecule has 0 aliphatic carbocycles. The molecular weight excluding hydrogens is 497 g/mol. The summed E-state index contributed by atoms with van der Waals surface area (Å²) in [5.41, 5.74) is 2.86. The molecule has 0 bridgehead atoms. The van der Waals surface area contributed by atoms with Crippen LogP contribution < -0.4 is 10.2 Å². The number of alkyl halides is 2. The fraction of sp³-hybridized carbons (Fsp3) is 0.677. The fourth-order valence-corrected chi connectivity index (χ4v) is 3.92. The number of hydrogen-bond acceptors (Lipinski definition) is 4. The number of carbonyl (C=O) groups excluding carboxylic acids is 1. The van der Waals surface area contributed by atoms with Crippen LogP contribution in [0, 0.1) is 12.8 Å². The summed E-state index contributed by atoms with van der Waals surface area (Å²) in [4.78, 5) is 11.5. The third kappa shape index (κ3) is 13.0. The molecule has 0 fully saturated rings. The third-order valence-electron chi connectivity index (χ3n) is 6.05. The SMILES string of the molecule is CCCC.CCCCCC(C)CC(=O)OC(C)(C)C.Cc1cn(-c2ccc3c(c2)OC(F)(F)[B]3)nc1C(C)C. The fourth-order valence-electron chi connectivity index (χ4n) is 3.92. The first kappa shape index (κ1) is 34.7. The number of fused-ring (bicyclic) bond motifs is 1. The summed E-state index contributed by atoms with van der Waals surface area (Å²) in [5, 5.41) is 4.50. The van der Waals surface area contributed by atoms with Crippen molar-refractivity contribution >= 4 is 18.7 Å². The lowest BCUT2D eigenvalue weighted by atomic mass is 9.70. The van der Waals surface area contributed by atoms with Crippen molar-refractivity contribution in [2.24, 2.45) is 5.92 Å². The van der Waals surface area contributed by atoms with Crippen molar-refractivity contribution in [2.75, 3.05) is 0 Å². The lowest BCUT2D eigenvalue weighted by molar-refractivity contribution is -0.155. The molecule has 0 N–H and O–H groups in total. The Hall–Kier alpha value is -2.38. The van der Waals surface area contributed by atoms with Gasteiger partial charge in [-0.1, -0.05) is 86.1 Å². The molecule has 1 aliphatic heterocycles. The van der Waals surface area contributed by atoms with Crippen LogP contribution in [0.1, 0.15) is 124 Å². The van der Waals surface area contributed by atoms with E-state index >= 15 is 0 Å². The van der Waals surface area contributed by atoms with Crippen molar-refractivity contribution in [1.82, 2.24) is 9.78 Å². The second kappa shape index (κ2) is 16.0. The number of rotatable bonds is 9. The number of aromatic nitrogens is 2. The zero-order valence-corrected chi connectivity index (χ0v) is 25.9. The van der Waals surface area contributed by atoms with E-state index in [9.17, 15) is 13.6 Å². The van der Waals surface area contributed by atoms with Gasteiger partial charge in [0.25, 0.3) is 0 Å². The van der Waals surface area contributed by atoms with Gasteiger partial charge in [-0.15, -0.1) is 0 Å². The molecule has 0 saturated carbocycles. The Labute approximate surface area is 236 Å². The lowest BCUT2D eigenvalue weighted by Gasteiger charge is -2.20. The first-order valence-corrected chi connectivity index (χ1v) is 14.5. The van der Waals surface area contributed by atoms with Crippen molar-refractivity contribution in [2.45, 2.75) is 132 Å². The molecule has 0 amide bonds. The molecule has 219 valence electrons. The highest BCUT2D eigenvalue weighted by molar-refractivity contribution is 6.58. The zero-order valence-electron chi connectivity index (χ0n) is 25.9. The van der Waals surface area contributed by atoms with E-state index in [1.54, 1.807) is 22.9 Å². The van der Waals surface area contributed by atoms with Crippen LogP contribution in [0.4, 0.5) is 8.78 Å². The van der Waals surface area contributed by atoms with Gasteiger partial charge in [0, 0.05) is 18.7 Å². The van der Waals surface area contributed by atoms with Crippen LogP contribution in [-0.4, -0.2) is 34.6 Å². The topological polar surface area (TPSA) is 53.4 Å². The lowest BCUT2D eigenvalue weighted by Crippen LogP contribution is -2.30. The summed E-state index contributed by atoms with van der Waals surface area (Å²) in [6.45, 7) is 20.5. The smallest absolute Gasteiger partial charge is 0.350 e. The summed E-state index contributed by atoms with van der Waals surface area (Å²) < 4.78 is 37.9. The van der Waals surface area contributed by atoms with Gasteiger partial charge in [-0.05, 0) is 56.6 Å². The first-order valence-electron chi connectivity index (χ1n) is 14.5. The Morgan fingerprint density at radius 2 is 1.74 bits per heavy atom. The number of ether oxygens (including phenoxy) is 2. The summed E-state index contributed by atoms with van der Waals surface area (Å²) in [5.74, 6) is 0.893. The van der Waals surface area contributed by atoms with E-state index in [0.29, 0.717) is 29.4 Å². The highest BCUT2D eigenvalue weighted by atomic mass is 19.3. The van der Waals surface area contributed by atoms with Crippen molar-refractivity contribution < 1.29 is 23.0 Å². The minimum atomic E-state index is -3.22. The Bertz CT molecular complexity index is 1010. The third-order valence-corrected chi connectivity index (χ3v) is 6.05. The number of unbranched alkanes of at least 4 members (excludes halogenated alkanes) is 3. The molecular formula is C31H50BF2N2O3. The van der Waals surface area contributed by atoms with Gasteiger partial charge in [-0.3, -0.25) is 4.79 Å². The van der Waals surface area contributed by atoms with Crippen molar-refractivity contribution in [3.63, 3.8) is 0 Å². The highest BCUT2D eigenvalue weighted by Gasteiger charge is 2.41. The van der Waals surface area contributed by atoms with E-state index < -0.39 is 6.01 Å². The van der Waals surface area contributed by atoms with Crippen LogP contribution in [-0.2, 0) is 9.53 Å². The molecule has 1 unspecified atom stereocenters. The summed E-state index contributed by atoms with van der Waals surface area (Å²) >= 11 is 0. The molecule has 1 radical (unpaired) electrons. The second-order valence-electron chi connectivity index (χ2n) is 11.7. The molecule has 1 aliphatic rings. The van der Waals surface area contributed by atoms with Gasteiger partial charge in [0.1, 0.15) is 11.4 Å². The largest absolute Gasteiger partial charge is 0.460 e. The van der Waals surface area contributed by atoms with Gasteiger partial charge in [-0.2, -0.15) is 13.9 Å². The molecule has 8 heteroatoms. The maximum absolute atomic E-state index is 13.1. The van der Waals surface area contributed by atoms with Gasteiger partial charge >= 0.3 is 19.3 Å². The van der Waals surface area contributed by atoms with E-state index in [1.807, 2.05) is 33.9 Å². The van der Waals surface area contributed by atoms with Gasteiger partial charge in [0.15, 0.2) is 0 Å². The second-order valence-corrected chi connectivity index (χ2v) is 11.7. The minimum Gasteiger partial charge on any atom is -0.460 e. The van der Waals surface area contributed by atoms with E-state index in [-0.39, 0.29) is 17.3 Å². The molecule has 2 heterocycles. The van der Waals surface area contributed by atoms with Gasteiger partial charge in [-0.25, -0.2) is 4.68 Å². The number of carbonyl (C=O) groups is 1. The monoisotopic (exact) mass is 547 g/mol. The van der Waals surface area contributed by atoms with E-state index in [0.717, 1.165) is 25.0 Å². The van der Waals surface area contributed by atoms with Gasteiger partial charge < -0.3 is 9.47 Å². The minimum absolute atomic E-state index is 0.0634. The quantitative estimate of drug-likeness (QED) is 0.180. The molecule has 1 atom stereocenters. The Kier molecular flexibility index (Phi) is 14.2. The molecule has 0 spiro atoms. The summed E-state index contributed by atoms with van der Waals surface area (Å²) in [6.07, 6.45) is 9.94. The molecule has 1 aromatic carbocycles. The normalized spacial score (nSPS) is 14.2. The van der Waals surface area contributed by atoms with Gasteiger partial charge in [0.05, 0.1) is 11.4 Å². The first-order chi connectivity index (χ1) is 18.1. The molecule has 1 aromatic heterocycles. The average Bonchev–Trinajstić information content (AvgIpc) is 3.35. The molecule has 3 rings (SSSR count). The average molecular weight is 548 g/mol. The van der Waals surface area contributed by atoms with Crippen LogP contribution in [0.3, 0.4) is 0 Å². The number of halogens is 2. The summed E-state index contributed by atoms with van der Waals surface area (Å²) in [6, 6.07) is 1.75. The standard InChI is InChI=1S/C14H14BF2N2O.C13H26O2.C4H10/c1-8(2)13-9(3)7-19(18-13)10-4-5-11-12(6-10)20-14(16,17)15-11;1-6-7-8-9-11(2)10-12(14)15-13(3,4)5;1-3-4-2/h4-8H,1-3H3;11H,6-10H2,1-5H3;3-4H2,1-2H3. The highest BCUT2D eigenvalue weighted by Crippen LogP contribution is 2.28. The van der Waals surface area contributed by atoms with Crippen LogP contribution in [0.25, 0.3) is 5.69 Å². The van der Waals surface area contributed by atoms with Crippen molar-refractivity contribution in [1.29, 1.82) is 0 Å². The predicted molar refractivity (Wildman–Crippen MR) is 158 cm³/mol. The van der Waals surface area contributed by atoms with E-state index in [4.69, 9.17) is 4.74 Å². The Morgan fingerprint density at radius 1 is 1.10 bits per heavy atom. The van der Waals surface area contributed by atoms with Crippen LogP contribution in [0.5, 0.6) is 5.75 Å². The number of benzene rings is 1.